The molecule has 0 amide bonds. The zero-order chi connectivity index (χ0) is 14.0. The van der Waals surface area contributed by atoms with E-state index in [4.69, 9.17) is 9.84 Å². The molecule has 5 heteroatoms. The van der Waals surface area contributed by atoms with E-state index in [1.807, 2.05) is 19.9 Å². The highest BCUT2D eigenvalue weighted by atomic mass is 79.9. The largest absolute Gasteiger partial charge is 0.478 e. The first kappa shape index (κ1) is 13.5. The molecule has 0 bridgehead atoms. The summed E-state index contributed by atoms with van der Waals surface area (Å²) in [4.78, 5) is 15.3. The maximum atomic E-state index is 11.2. The van der Waals surface area contributed by atoms with Gasteiger partial charge in [0.15, 0.2) is 0 Å². The van der Waals surface area contributed by atoms with E-state index >= 15 is 0 Å². The zero-order valence-corrected chi connectivity index (χ0v) is 12.1. The van der Waals surface area contributed by atoms with E-state index in [1.54, 1.807) is 18.3 Å². The molecular weight excluding hydrogens is 310 g/mol. The smallest absolute Gasteiger partial charge is 0.339 e. The Balaban J connectivity index is 2.42. The average Bonchev–Trinajstić information content (AvgIpc) is 2.32. The van der Waals surface area contributed by atoms with Crippen molar-refractivity contribution >= 4 is 21.9 Å². The monoisotopic (exact) mass is 321 g/mol. The van der Waals surface area contributed by atoms with Gasteiger partial charge in [0.25, 0.3) is 0 Å². The van der Waals surface area contributed by atoms with Gasteiger partial charge in [-0.1, -0.05) is 6.07 Å². The summed E-state index contributed by atoms with van der Waals surface area (Å²) in [6.07, 6.45) is 1.61. The second kappa shape index (κ2) is 5.40. The van der Waals surface area contributed by atoms with Crippen LogP contribution in [0, 0.1) is 13.8 Å². The van der Waals surface area contributed by atoms with Gasteiger partial charge in [0, 0.05) is 16.2 Å². The van der Waals surface area contributed by atoms with Crippen LogP contribution in [0.1, 0.15) is 21.5 Å². The fraction of sp³-hybridized carbons (Fsp3) is 0.143. The van der Waals surface area contributed by atoms with Gasteiger partial charge in [0.1, 0.15) is 11.3 Å². The summed E-state index contributed by atoms with van der Waals surface area (Å²) in [5.74, 6) is -0.327. The Bertz CT molecular complexity index is 641. The minimum absolute atomic E-state index is 0.120. The van der Waals surface area contributed by atoms with Gasteiger partial charge in [-0.25, -0.2) is 9.78 Å². The van der Waals surface area contributed by atoms with E-state index < -0.39 is 5.97 Å². The molecule has 98 valence electrons. The lowest BCUT2D eigenvalue weighted by atomic mass is 10.1. The summed E-state index contributed by atoms with van der Waals surface area (Å²) in [6, 6.07) is 6.81. The molecule has 2 rings (SSSR count). The topological polar surface area (TPSA) is 59.4 Å². The Kier molecular flexibility index (Phi) is 3.85. The van der Waals surface area contributed by atoms with Crippen molar-refractivity contribution in [2.45, 2.75) is 13.8 Å². The molecule has 2 aromatic rings. The number of hydrogen-bond acceptors (Lipinski definition) is 3. The van der Waals surface area contributed by atoms with Gasteiger partial charge in [0.2, 0.25) is 5.88 Å². The number of hydrogen-bond donors (Lipinski definition) is 1. The number of ether oxygens (including phenoxy) is 1. The molecule has 0 aliphatic heterocycles. The molecule has 19 heavy (non-hydrogen) atoms. The zero-order valence-electron chi connectivity index (χ0n) is 10.5. The lowest BCUT2D eigenvalue weighted by Gasteiger charge is -2.10. The molecule has 0 saturated carbocycles. The Labute approximate surface area is 119 Å². The van der Waals surface area contributed by atoms with Crippen molar-refractivity contribution < 1.29 is 14.6 Å². The van der Waals surface area contributed by atoms with Crippen LogP contribution in [0.15, 0.2) is 34.9 Å². The molecule has 0 spiro atoms. The van der Waals surface area contributed by atoms with E-state index in [0.29, 0.717) is 11.6 Å². The first-order valence-corrected chi connectivity index (χ1v) is 6.40. The molecule has 1 aromatic carbocycles. The highest BCUT2D eigenvalue weighted by molar-refractivity contribution is 9.10. The average molecular weight is 322 g/mol. The summed E-state index contributed by atoms with van der Waals surface area (Å²) in [7, 11) is 0. The standard InChI is InChI=1S/C14H12BrNO3/c1-8-3-4-11(14(17)18)12(5-8)19-13-9(2)6-10(15)7-16-13/h3-7H,1-2H3,(H,17,18). The van der Waals surface area contributed by atoms with Crippen molar-refractivity contribution in [2.75, 3.05) is 0 Å². The molecule has 1 N–H and O–H groups in total. The number of nitrogens with zero attached hydrogens (tertiary/aromatic N) is 1. The predicted molar refractivity (Wildman–Crippen MR) is 74.9 cm³/mol. The Morgan fingerprint density at radius 2 is 2.05 bits per heavy atom. The summed E-state index contributed by atoms with van der Waals surface area (Å²) in [5.41, 5.74) is 1.87. The second-order valence-corrected chi connectivity index (χ2v) is 5.10. The molecule has 1 aromatic heterocycles. The number of rotatable bonds is 3. The summed E-state index contributed by atoms with van der Waals surface area (Å²) < 4.78 is 6.47. The summed E-state index contributed by atoms with van der Waals surface area (Å²) in [5, 5.41) is 9.14. The van der Waals surface area contributed by atoms with E-state index in [9.17, 15) is 4.79 Å². The highest BCUT2D eigenvalue weighted by Crippen LogP contribution is 2.28. The SMILES string of the molecule is Cc1ccc(C(=O)O)c(Oc2ncc(Br)cc2C)c1. The fourth-order valence-corrected chi connectivity index (χ4v) is 2.08. The number of carbonyl (C=O) groups is 1. The number of aromatic carboxylic acids is 1. The molecular formula is C14H12BrNO3. The number of carboxylic acid groups (broad SMARTS) is 1. The van der Waals surface area contributed by atoms with Crippen LogP contribution in [0.3, 0.4) is 0 Å². The van der Waals surface area contributed by atoms with Crippen LogP contribution in [-0.4, -0.2) is 16.1 Å². The predicted octanol–water partition coefficient (Wildman–Crippen LogP) is 3.95. The fourth-order valence-electron chi connectivity index (χ4n) is 1.63. The van der Waals surface area contributed by atoms with Crippen LogP contribution in [0.2, 0.25) is 0 Å². The van der Waals surface area contributed by atoms with E-state index in [1.165, 1.54) is 6.07 Å². The first-order valence-electron chi connectivity index (χ1n) is 5.61. The molecule has 0 atom stereocenters. The number of benzene rings is 1. The molecule has 0 unspecified atom stereocenters. The van der Waals surface area contributed by atoms with Crippen LogP contribution in [0.5, 0.6) is 11.6 Å². The summed E-state index contributed by atoms with van der Waals surface area (Å²) >= 11 is 3.32. The minimum atomic E-state index is -1.02. The third-order valence-electron chi connectivity index (χ3n) is 2.57. The van der Waals surface area contributed by atoms with Crippen LogP contribution in [0.4, 0.5) is 0 Å². The van der Waals surface area contributed by atoms with Crippen molar-refractivity contribution in [1.82, 2.24) is 4.98 Å². The van der Waals surface area contributed by atoms with Crippen LogP contribution < -0.4 is 4.74 Å². The first-order chi connectivity index (χ1) is 8.97. The number of pyridine rings is 1. The lowest BCUT2D eigenvalue weighted by molar-refractivity contribution is 0.0694. The molecule has 0 saturated heterocycles. The number of halogens is 1. The van der Waals surface area contributed by atoms with E-state index in [0.717, 1.165) is 15.6 Å². The van der Waals surface area contributed by atoms with Gasteiger partial charge in [-0.3, -0.25) is 0 Å². The highest BCUT2D eigenvalue weighted by Gasteiger charge is 2.13. The van der Waals surface area contributed by atoms with Crippen molar-refractivity contribution in [3.63, 3.8) is 0 Å². The Hall–Kier alpha value is -1.88. The normalized spacial score (nSPS) is 10.3. The van der Waals surface area contributed by atoms with Gasteiger partial charge in [-0.05, 0) is 53.5 Å². The van der Waals surface area contributed by atoms with Crippen molar-refractivity contribution in [1.29, 1.82) is 0 Å². The lowest BCUT2D eigenvalue weighted by Crippen LogP contribution is -2.01. The van der Waals surface area contributed by atoms with Gasteiger partial charge < -0.3 is 9.84 Å². The van der Waals surface area contributed by atoms with Gasteiger partial charge in [0.05, 0.1) is 0 Å². The van der Waals surface area contributed by atoms with Crippen LogP contribution in [-0.2, 0) is 0 Å². The minimum Gasteiger partial charge on any atom is -0.478 e. The third-order valence-corrected chi connectivity index (χ3v) is 3.00. The number of aromatic nitrogens is 1. The molecule has 0 aliphatic carbocycles. The number of aryl methyl sites for hydroxylation is 2. The molecule has 0 aliphatic rings. The Morgan fingerprint density at radius 1 is 1.32 bits per heavy atom. The molecule has 4 nitrogen and oxygen atoms in total. The summed E-state index contributed by atoms with van der Waals surface area (Å²) in [6.45, 7) is 3.73. The van der Waals surface area contributed by atoms with Crippen LogP contribution >= 0.6 is 15.9 Å². The van der Waals surface area contributed by atoms with Crippen molar-refractivity contribution in [3.05, 3.63) is 51.6 Å². The van der Waals surface area contributed by atoms with Crippen molar-refractivity contribution in [3.8, 4) is 11.6 Å². The maximum Gasteiger partial charge on any atom is 0.339 e. The van der Waals surface area contributed by atoms with Gasteiger partial charge in [-0.15, -0.1) is 0 Å². The maximum absolute atomic E-state index is 11.2. The molecule has 0 fully saturated rings. The molecule has 1 heterocycles. The quantitative estimate of drug-likeness (QED) is 0.929. The number of carboxylic acids is 1. The van der Waals surface area contributed by atoms with E-state index in [2.05, 4.69) is 20.9 Å². The Morgan fingerprint density at radius 3 is 2.68 bits per heavy atom. The van der Waals surface area contributed by atoms with Gasteiger partial charge in [-0.2, -0.15) is 0 Å². The van der Waals surface area contributed by atoms with Gasteiger partial charge >= 0.3 is 5.97 Å². The third kappa shape index (κ3) is 3.12. The van der Waals surface area contributed by atoms with Crippen molar-refractivity contribution in [2.24, 2.45) is 0 Å². The second-order valence-electron chi connectivity index (χ2n) is 4.18. The van der Waals surface area contributed by atoms with E-state index in [-0.39, 0.29) is 5.56 Å². The van der Waals surface area contributed by atoms with Crippen LogP contribution in [0.25, 0.3) is 0 Å². The molecule has 0 radical (unpaired) electrons.